The van der Waals surface area contributed by atoms with Crippen molar-refractivity contribution in [2.75, 3.05) is 13.7 Å². The molecule has 0 atom stereocenters. The van der Waals surface area contributed by atoms with Gasteiger partial charge < -0.3 is 4.74 Å². The van der Waals surface area contributed by atoms with Gasteiger partial charge in [-0.15, -0.1) is 0 Å². The lowest BCUT2D eigenvalue weighted by atomic mass is 10.3. The molecular weight excluding hydrogens is 162 g/mol. The van der Waals surface area contributed by atoms with Gasteiger partial charge in [0, 0.05) is 17.4 Å². The molecule has 12 heavy (non-hydrogen) atoms. The SMILES string of the molecule is COC(=O)/C=C/CCC[N+](=O)[O-]. The Bertz CT molecular complexity index is 188. The average Bonchev–Trinajstić information content (AvgIpc) is 2.03. The summed E-state index contributed by atoms with van der Waals surface area (Å²) in [5.41, 5.74) is 0. The van der Waals surface area contributed by atoms with Crippen LogP contribution in [0.1, 0.15) is 12.8 Å². The molecule has 0 bridgehead atoms. The quantitative estimate of drug-likeness (QED) is 0.202. The molecule has 0 aromatic rings. The number of unbranched alkanes of at least 4 members (excludes halogenated alkanes) is 1. The van der Waals surface area contributed by atoms with E-state index in [2.05, 4.69) is 4.74 Å². The van der Waals surface area contributed by atoms with E-state index < -0.39 is 5.97 Å². The number of ether oxygens (including phenoxy) is 1. The zero-order valence-electron chi connectivity index (χ0n) is 6.86. The van der Waals surface area contributed by atoms with E-state index in [1.807, 2.05) is 0 Å². The molecule has 0 fully saturated rings. The van der Waals surface area contributed by atoms with Crippen LogP contribution in [0.15, 0.2) is 12.2 Å². The lowest BCUT2D eigenvalue weighted by Gasteiger charge is -1.90. The molecule has 5 nitrogen and oxygen atoms in total. The Morgan fingerprint density at radius 3 is 2.83 bits per heavy atom. The molecule has 0 aliphatic carbocycles. The molecule has 0 rings (SSSR count). The van der Waals surface area contributed by atoms with Crippen molar-refractivity contribution < 1.29 is 14.5 Å². The van der Waals surface area contributed by atoms with Crippen molar-refractivity contribution in [2.24, 2.45) is 0 Å². The molecule has 68 valence electrons. The first kappa shape index (κ1) is 10.6. The molecule has 0 aromatic heterocycles. The molecule has 0 aliphatic rings. The Morgan fingerprint density at radius 2 is 2.33 bits per heavy atom. The highest BCUT2D eigenvalue weighted by Gasteiger charge is 1.94. The van der Waals surface area contributed by atoms with Gasteiger partial charge in [0.1, 0.15) is 0 Å². The van der Waals surface area contributed by atoms with Gasteiger partial charge in [-0.1, -0.05) is 6.08 Å². The minimum absolute atomic E-state index is 0.0640. The zero-order chi connectivity index (χ0) is 9.40. The van der Waals surface area contributed by atoms with Crippen LogP contribution in [0.4, 0.5) is 0 Å². The van der Waals surface area contributed by atoms with E-state index >= 15 is 0 Å². The number of allylic oxidation sites excluding steroid dienone is 1. The van der Waals surface area contributed by atoms with Crippen LogP contribution in [0, 0.1) is 10.1 Å². The maximum atomic E-state index is 10.5. The van der Waals surface area contributed by atoms with Crippen molar-refractivity contribution in [3.63, 3.8) is 0 Å². The van der Waals surface area contributed by atoms with E-state index in [-0.39, 0.29) is 11.5 Å². The Balaban J connectivity index is 3.36. The van der Waals surface area contributed by atoms with Crippen LogP contribution < -0.4 is 0 Å². The lowest BCUT2D eigenvalue weighted by Crippen LogP contribution is -1.99. The monoisotopic (exact) mass is 173 g/mol. The number of hydrogen-bond acceptors (Lipinski definition) is 4. The molecular formula is C7H11NO4. The smallest absolute Gasteiger partial charge is 0.330 e. The lowest BCUT2D eigenvalue weighted by molar-refractivity contribution is -0.480. The Hall–Kier alpha value is -1.39. The maximum Gasteiger partial charge on any atom is 0.330 e. The first-order valence-electron chi connectivity index (χ1n) is 3.53. The van der Waals surface area contributed by atoms with Crippen LogP contribution in [0.2, 0.25) is 0 Å². The van der Waals surface area contributed by atoms with Gasteiger partial charge in [0.15, 0.2) is 0 Å². The molecule has 0 saturated heterocycles. The molecule has 0 saturated carbocycles. The van der Waals surface area contributed by atoms with Crippen LogP contribution in [0.5, 0.6) is 0 Å². The van der Waals surface area contributed by atoms with Crippen LogP contribution in [0.3, 0.4) is 0 Å². The van der Waals surface area contributed by atoms with Crippen molar-refractivity contribution in [1.29, 1.82) is 0 Å². The van der Waals surface area contributed by atoms with Crippen molar-refractivity contribution in [3.05, 3.63) is 22.3 Å². The summed E-state index contributed by atoms with van der Waals surface area (Å²) in [6, 6.07) is 0. The normalized spacial score (nSPS) is 10.1. The fraction of sp³-hybridized carbons (Fsp3) is 0.571. The number of nitrogens with zero attached hydrogens (tertiary/aromatic N) is 1. The fourth-order valence-electron chi connectivity index (χ4n) is 0.586. The third-order valence-electron chi connectivity index (χ3n) is 1.17. The predicted octanol–water partition coefficient (Wildman–Crippen LogP) is 0.772. The van der Waals surface area contributed by atoms with Crippen molar-refractivity contribution in [1.82, 2.24) is 0 Å². The van der Waals surface area contributed by atoms with Gasteiger partial charge in [-0.05, 0) is 6.42 Å². The molecule has 0 unspecified atom stereocenters. The number of carbonyl (C=O) groups excluding carboxylic acids is 1. The van der Waals surface area contributed by atoms with E-state index in [9.17, 15) is 14.9 Å². The minimum atomic E-state index is -0.434. The van der Waals surface area contributed by atoms with Crippen LogP contribution in [-0.2, 0) is 9.53 Å². The van der Waals surface area contributed by atoms with E-state index in [0.29, 0.717) is 12.8 Å². The highest BCUT2D eigenvalue weighted by Crippen LogP contribution is 1.91. The van der Waals surface area contributed by atoms with Crippen molar-refractivity contribution in [3.8, 4) is 0 Å². The second-order valence-corrected chi connectivity index (χ2v) is 2.12. The second kappa shape index (κ2) is 6.33. The first-order chi connectivity index (χ1) is 5.66. The van der Waals surface area contributed by atoms with Gasteiger partial charge in [0.25, 0.3) is 0 Å². The third-order valence-corrected chi connectivity index (χ3v) is 1.17. The Labute approximate surface area is 70.2 Å². The standard InChI is InChI=1S/C7H11NO4/c1-12-7(9)5-3-2-4-6-8(10)11/h3,5H,2,4,6H2,1H3/b5-3+. The van der Waals surface area contributed by atoms with Crippen LogP contribution in [0.25, 0.3) is 0 Å². The van der Waals surface area contributed by atoms with Gasteiger partial charge in [0.05, 0.1) is 7.11 Å². The second-order valence-electron chi connectivity index (χ2n) is 2.12. The number of hydrogen-bond donors (Lipinski definition) is 0. The highest BCUT2D eigenvalue weighted by molar-refractivity contribution is 5.81. The van der Waals surface area contributed by atoms with E-state index in [1.54, 1.807) is 6.08 Å². The number of methoxy groups -OCH3 is 1. The van der Waals surface area contributed by atoms with Gasteiger partial charge in [-0.2, -0.15) is 0 Å². The predicted molar refractivity (Wildman–Crippen MR) is 42.3 cm³/mol. The van der Waals surface area contributed by atoms with Gasteiger partial charge in [-0.3, -0.25) is 10.1 Å². The average molecular weight is 173 g/mol. The van der Waals surface area contributed by atoms with Crippen LogP contribution in [-0.4, -0.2) is 24.5 Å². The molecule has 5 heteroatoms. The number of nitro groups is 1. The van der Waals surface area contributed by atoms with E-state index in [1.165, 1.54) is 13.2 Å². The summed E-state index contributed by atoms with van der Waals surface area (Å²) in [6.07, 6.45) is 3.80. The molecule has 0 spiro atoms. The van der Waals surface area contributed by atoms with Crippen molar-refractivity contribution in [2.45, 2.75) is 12.8 Å². The minimum Gasteiger partial charge on any atom is -0.466 e. The van der Waals surface area contributed by atoms with Crippen LogP contribution >= 0.6 is 0 Å². The first-order valence-corrected chi connectivity index (χ1v) is 3.53. The summed E-state index contributed by atoms with van der Waals surface area (Å²) in [6.45, 7) is -0.0640. The van der Waals surface area contributed by atoms with E-state index in [0.717, 1.165) is 0 Å². The summed E-state index contributed by atoms with van der Waals surface area (Å²) in [5.74, 6) is -0.434. The summed E-state index contributed by atoms with van der Waals surface area (Å²) in [4.78, 5) is 19.9. The van der Waals surface area contributed by atoms with Gasteiger partial charge in [0.2, 0.25) is 6.54 Å². The molecule has 0 aliphatic heterocycles. The molecule has 0 aromatic carbocycles. The summed E-state index contributed by atoms with van der Waals surface area (Å²) in [5, 5.41) is 9.84. The Kier molecular flexibility index (Phi) is 5.60. The molecule has 0 N–H and O–H groups in total. The highest BCUT2D eigenvalue weighted by atomic mass is 16.6. The molecule has 0 amide bonds. The number of esters is 1. The molecule has 0 radical (unpaired) electrons. The zero-order valence-corrected chi connectivity index (χ0v) is 6.86. The number of rotatable bonds is 5. The fourth-order valence-corrected chi connectivity index (χ4v) is 0.586. The Morgan fingerprint density at radius 1 is 1.67 bits per heavy atom. The van der Waals surface area contributed by atoms with Gasteiger partial charge >= 0.3 is 5.97 Å². The maximum absolute atomic E-state index is 10.5. The van der Waals surface area contributed by atoms with E-state index in [4.69, 9.17) is 0 Å². The third kappa shape index (κ3) is 6.73. The topological polar surface area (TPSA) is 69.4 Å². The largest absolute Gasteiger partial charge is 0.466 e. The van der Waals surface area contributed by atoms with Crippen molar-refractivity contribution >= 4 is 5.97 Å². The summed E-state index contributed by atoms with van der Waals surface area (Å²) < 4.78 is 4.32. The molecule has 0 heterocycles. The number of carbonyl (C=O) groups is 1. The summed E-state index contributed by atoms with van der Waals surface area (Å²) >= 11 is 0. The summed E-state index contributed by atoms with van der Waals surface area (Å²) in [7, 11) is 1.28. The van der Waals surface area contributed by atoms with Gasteiger partial charge in [-0.25, -0.2) is 4.79 Å².